The Morgan fingerprint density at radius 2 is 1.88 bits per heavy atom. The van der Waals surface area contributed by atoms with Crippen molar-refractivity contribution in [2.75, 3.05) is 31.1 Å². The summed E-state index contributed by atoms with van der Waals surface area (Å²) in [6.45, 7) is 5.69. The number of carbonyl (C=O) groups is 1. The van der Waals surface area contributed by atoms with Crippen LogP contribution in [0.3, 0.4) is 0 Å². The Labute approximate surface area is 153 Å². The van der Waals surface area contributed by atoms with E-state index in [9.17, 15) is 4.79 Å². The molecule has 0 aromatic carbocycles. The van der Waals surface area contributed by atoms with E-state index in [2.05, 4.69) is 37.0 Å². The largest absolute Gasteiger partial charge is 0.354 e. The topological polar surface area (TPSA) is 80.0 Å². The van der Waals surface area contributed by atoms with Crippen LogP contribution in [0.25, 0.3) is 5.82 Å². The molecule has 2 fully saturated rings. The molecule has 0 bridgehead atoms. The summed E-state index contributed by atoms with van der Waals surface area (Å²) in [7, 11) is 0. The molecule has 2 aliphatic rings. The van der Waals surface area contributed by atoms with E-state index in [1.807, 2.05) is 12.1 Å². The molecular weight excluding hydrogens is 330 g/mol. The highest BCUT2D eigenvalue weighted by atomic mass is 16.2. The van der Waals surface area contributed by atoms with Crippen molar-refractivity contribution in [1.82, 2.24) is 29.9 Å². The average molecular weight is 355 g/mol. The Bertz CT molecular complexity index is 731. The molecule has 2 unspecified atom stereocenters. The van der Waals surface area contributed by atoms with Gasteiger partial charge in [-0.1, -0.05) is 6.92 Å². The van der Waals surface area contributed by atoms with Crippen molar-refractivity contribution in [2.24, 2.45) is 11.8 Å². The first kappa shape index (κ1) is 16.9. The lowest BCUT2D eigenvalue weighted by molar-refractivity contribution is -0.137. The third-order valence-electron chi connectivity index (χ3n) is 5.35. The molecule has 0 saturated carbocycles. The third-order valence-corrected chi connectivity index (χ3v) is 5.35. The van der Waals surface area contributed by atoms with Crippen LogP contribution in [0.15, 0.2) is 24.8 Å². The number of rotatable bonds is 3. The lowest BCUT2D eigenvalue weighted by atomic mass is 9.93. The highest BCUT2D eigenvalue weighted by Crippen LogP contribution is 2.25. The number of nitrogens with zero attached hydrogens (tertiary/aromatic N) is 7. The zero-order valence-corrected chi connectivity index (χ0v) is 15.2. The van der Waals surface area contributed by atoms with Crippen LogP contribution in [0, 0.1) is 11.8 Å². The predicted molar refractivity (Wildman–Crippen MR) is 96.9 cm³/mol. The Kier molecular flexibility index (Phi) is 4.81. The minimum absolute atomic E-state index is 0.0610. The lowest BCUT2D eigenvalue weighted by Crippen LogP contribution is -2.47. The summed E-state index contributed by atoms with van der Waals surface area (Å²) >= 11 is 0. The van der Waals surface area contributed by atoms with Gasteiger partial charge in [-0.15, -0.1) is 10.2 Å². The number of carbonyl (C=O) groups excluding carboxylic acids is 1. The minimum atomic E-state index is 0.0610. The van der Waals surface area contributed by atoms with Crippen LogP contribution in [-0.2, 0) is 4.79 Å². The second-order valence-electron chi connectivity index (χ2n) is 7.41. The monoisotopic (exact) mass is 355 g/mol. The SMILES string of the molecule is CC1CCCN(C(=O)C2CCCN(c3ccc(-n4cncn4)nn3)C2)C1. The molecular formula is C18H25N7O. The first-order chi connectivity index (χ1) is 12.7. The average Bonchev–Trinajstić information content (AvgIpc) is 3.22. The minimum Gasteiger partial charge on any atom is -0.354 e. The Morgan fingerprint density at radius 3 is 2.62 bits per heavy atom. The maximum Gasteiger partial charge on any atom is 0.227 e. The predicted octanol–water partition coefficient (Wildman–Crippen LogP) is 1.53. The van der Waals surface area contributed by atoms with Crippen LogP contribution in [0.2, 0.25) is 0 Å². The first-order valence-corrected chi connectivity index (χ1v) is 9.43. The molecule has 2 saturated heterocycles. The van der Waals surface area contributed by atoms with Crippen molar-refractivity contribution in [1.29, 1.82) is 0 Å². The van der Waals surface area contributed by atoms with Gasteiger partial charge < -0.3 is 9.80 Å². The summed E-state index contributed by atoms with van der Waals surface area (Å²) in [5.74, 6) is 2.44. The molecule has 138 valence electrons. The van der Waals surface area contributed by atoms with Gasteiger partial charge in [0.25, 0.3) is 0 Å². The van der Waals surface area contributed by atoms with Crippen molar-refractivity contribution in [2.45, 2.75) is 32.6 Å². The van der Waals surface area contributed by atoms with Gasteiger partial charge in [0.1, 0.15) is 12.7 Å². The van der Waals surface area contributed by atoms with E-state index >= 15 is 0 Å². The van der Waals surface area contributed by atoms with Gasteiger partial charge in [-0.25, -0.2) is 9.67 Å². The Balaban J connectivity index is 1.42. The quantitative estimate of drug-likeness (QED) is 0.831. The van der Waals surface area contributed by atoms with Crippen molar-refractivity contribution >= 4 is 11.7 Å². The molecule has 8 heteroatoms. The molecule has 4 heterocycles. The second kappa shape index (κ2) is 7.39. The normalized spacial score (nSPS) is 23.9. The van der Waals surface area contributed by atoms with Gasteiger partial charge in [0, 0.05) is 26.2 Å². The van der Waals surface area contributed by atoms with E-state index in [0.717, 1.165) is 51.3 Å². The molecule has 2 aromatic rings. The molecule has 0 aliphatic carbocycles. The summed E-state index contributed by atoms with van der Waals surface area (Å²) in [5, 5.41) is 12.6. The van der Waals surface area contributed by atoms with Gasteiger partial charge in [0.15, 0.2) is 11.6 Å². The number of hydrogen-bond donors (Lipinski definition) is 0. The number of likely N-dealkylation sites (tertiary alicyclic amines) is 1. The van der Waals surface area contributed by atoms with E-state index in [1.54, 1.807) is 11.0 Å². The van der Waals surface area contributed by atoms with Crippen molar-refractivity contribution in [3.8, 4) is 5.82 Å². The van der Waals surface area contributed by atoms with Crippen LogP contribution >= 0.6 is 0 Å². The van der Waals surface area contributed by atoms with Crippen molar-refractivity contribution < 1.29 is 4.79 Å². The number of amides is 1. The third kappa shape index (κ3) is 3.54. The molecule has 26 heavy (non-hydrogen) atoms. The zero-order valence-electron chi connectivity index (χ0n) is 15.2. The number of aromatic nitrogens is 5. The maximum absolute atomic E-state index is 12.9. The van der Waals surface area contributed by atoms with Gasteiger partial charge in [-0.3, -0.25) is 4.79 Å². The van der Waals surface area contributed by atoms with Crippen LogP contribution in [0.5, 0.6) is 0 Å². The van der Waals surface area contributed by atoms with Crippen LogP contribution in [0.1, 0.15) is 32.6 Å². The molecule has 0 spiro atoms. The molecule has 0 N–H and O–H groups in total. The molecule has 2 aliphatic heterocycles. The van der Waals surface area contributed by atoms with Crippen LogP contribution in [-0.4, -0.2) is 61.9 Å². The summed E-state index contributed by atoms with van der Waals surface area (Å²) in [5.41, 5.74) is 0. The summed E-state index contributed by atoms with van der Waals surface area (Å²) in [4.78, 5) is 21.1. The van der Waals surface area contributed by atoms with E-state index in [1.165, 1.54) is 12.7 Å². The second-order valence-corrected chi connectivity index (χ2v) is 7.41. The van der Waals surface area contributed by atoms with Gasteiger partial charge in [0.2, 0.25) is 5.91 Å². The molecule has 0 radical (unpaired) electrons. The molecule has 2 atom stereocenters. The van der Waals surface area contributed by atoms with Gasteiger partial charge in [-0.2, -0.15) is 5.10 Å². The number of hydrogen-bond acceptors (Lipinski definition) is 6. The lowest BCUT2D eigenvalue weighted by Gasteiger charge is -2.38. The Hall–Kier alpha value is -2.51. The molecule has 4 rings (SSSR count). The summed E-state index contributed by atoms with van der Waals surface area (Å²) < 4.78 is 1.58. The zero-order chi connectivity index (χ0) is 17.9. The van der Waals surface area contributed by atoms with E-state index in [-0.39, 0.29) is 5.92 Å². The number of piperidine rings is 2. The highest BCUT2D eigenvalue weighted by Gasteiger charge is 2.31. The van der Waals surface area contributed by atoms with Crippen LogP contribution < -0.4 is 4.90 Å². The van der Waals surface area contributed by atoms with Crippen molar-refractivity contribution in [3.63, 3.8) is 0 Å². The Morgan fingerprint density at radius 1 is 1.08 bits per heavy atom. The standard InChI is InChI=1S/C18H25N7O/c1-14-4-2-9-24(10-14)18(26)15-5-3-8-23(11-15)16-6-7-17(22-21-16)25-13-19-12-20-25/h6-7,12-15H,2-5,8-11H2,1H3. The molecule has 2 aromatic heterocycles. The fraction of sp³-hybridized carbons (Fsp3) is 0.611. The fourth-order valence-corrected chi connectivity index (χ4v) is 3.97. The van der Waals surface area contributed by atoms with E-state index in [0.29, 0.717) is 17.6 Å². The molecule has 1 amide bonds. The van der Waals surface area contributed by atoms with Crippen LogP contribution in [0.4, 0.5) is 5.82 Å². The van der Waals surface area contributed by atoms with Crippen molar-refractivity contribution in [3.05, 3.63) is 24.8 Å². The first-order valence-electron chi connectivity index (χ1n) is 9.43. The maximum atomic E-state index is 12.9. The fourth-order valence-electron chi connectivity index (χ4n) is 3.97. The summed E-state index contributed by atoms with van der Waals surface area (Å²) in [6.07, 6.45) is 7.39. The summed E-state index contributed by atoms with van der Waals surface area (Å²) in [6, 6.07) is 3.83. The van der Waals surface area contributed by atoms with E-state index < -0.39 is 0 Å². The van der Waals surface area contributed by atoms with E-state index in [4.69, 9.17) is 0 Å². The van der Waals surface area contributed by atoms with Gasteiger partial charge in [-0.05, 0) is 43.7 Å². The van der Waals surface area contributed by atoms with Gasteiger partial charge in [0.05, 0.1) is 5.92 Å². The van der Waals surface area contributed by atoms with Gasteiger partial charge >= 0.3 is 0 Å². The highest BCUT2D eigenvalue weighted by molar-refractivity contribution is 5.79. The number of anilines is 1. The smallest absolute Gasteiger partial charge is 0.227 e. The molecule has 8 nitrogen and oxygen atoms in total.